The van der Waals surface area contributed by atoms with Crippen LogP contribution in [0.2, 0.25) is 0 Å². The molecule has 0 spiro atoms. The zero-order valence-corrected chi connectivity index (χ0v) is 36.6. The number of hydrogen-bond donors (Lipinski definition) is 0. The van der Waals surface area contributed by atoms with E-state index in [-0.39, 0.29) is 5.41 Å². The van der Waals surface area contributed by atoms with Gasteiger partial charge in [0.2, 0.25) is 5.95 Å². The molecule has 4 aromatic heterocycles. The molecular formula is C60H39N5O2. The molecule has 0 bridgehead atoms. The van der Waals surface area contributed by atoms with E-state index < -0.39 is 0 Å². The molecule has 0 fully saturated rings. The van der Waals surface area contributed by atoms with Gasteiger partial charge in [-0.1, -0.05) is 141 Å². The molecule has 13 aromatic rings. The highest BCUT2D eigenvalue weighted by atomic mass is 16.3. The normalized spacial score (nSPS) is 13.0. The second kappa shape index (κ2) is 14.1. The van der Waals surface area contributed by atoms with Gasteiger partial charge in [-0.25, -0.2) is 4.98 Å². The Morgan fingerprint density at radius 1 is 0.448 bits per heavy atom. The fourth-order valence-corrected chi connectivity index (χ4v) is 10.9. The van der Waals surface area contributed by atoms with E-state index in [1.165, 1.54) is 22.3 Å². The molecule has 0 N–H and O–H groups in total. The molecule has 0 amide bonds. The summed E-state index contributed by atoms with van der Waals surface area (Å²) >= 11 is 0. The van der Waals surface area contributed by atoms with Crippen molar-refractivity contribution in [3.8, 4) is 39.6 Å². The number of aromatic nitrogens is 4. The van der Waals surface area contributed by atoms with Crippen molar-refractivity contribution >= 4 is 83.0 Å². The lowest BCUT2D eigenvalue weighted by Gasteiger charge is -2.31. The third-order valence-corrected chi connectivity index (χ3v) is 13.8. The van der Waals surface area contributed by atoms with Gasteiger partial charge >= 0.3 is 0 Å². The summed E-state index contributed by atoms with van der Waals surface area (Å²) in [5, 5.41) is 6.28. The van der Waals surface area contributed by atoms with Crippen LogP contribution in [-0.2, 0) is 5.41 Å². The molecule has 0 atom stereocenters. The van der Waals surface area contributed by atoms with Crippen LogP contribution in [-0.4, -0.2) is 19.5 Å². The summed E-state index contributed by atoms with van der Waals surface area (Å²) in [6, 6.07) is 69.9. The molecular weight excluding hydrogens is 823 g/mol. The number of anilines is 3. The minimum atomic E-state index is -0.360. The van der Waals surface area contributed by atoms with Gasteiger partial charge < -0.3 is 13.4 Å². The summed E-state index contributed by atoms with van der Waals surface area (Å²) < 4.78 is 15.3. The number of benzene rings is 9. The molecule has 67 heavy (non-hydrogen) atoms. The van der Waals surface area contributed by atoms with Crippen LogP contribution in [0.4, 0.5) is 17.3 Å². The Morgan fingerprint density at radius 3 is 1.94 bits per heavy atom. The van der Waals surface area contributed by atoms with Crippen molar-refractivity contribution in [2.75, 3.05) is 4.90 Å². The van der Waals surface area contributed by atoms with E-state index in [4.69, 9.17) is 23.8 Å². The van der Waals surface area contributed by atoms with Crippen molar-refractivity contribution in [2.45, 2.75) is 19.3 Å². The maximum Gasteiger partial charge on any atom is 0.238 e. The number of hydrogen-bond acceptors (Lipinski definition) is 6. The van der Waals surface area contributed by atoms with E-state index in [0.717, 1.165) is 93.9 Å². The Kier molecular flexibility index (Phi) is 7.90. The lowest BCUT2D eigenvalue weighted by atomic mass is 9.81. The van der Waals surface area contributed by atoms with Crippen LogP contribution in [0.1, 0.15) is 25.0 Å². The Bertz CT molecular complexity index is 4160. The van der Waals surface area contributed by atoms with E-state index in [1.807, 2.05) is 42.5 Å². The van der Waals surface area contributed by atoms with Crippen LogP contribution in [0.25, 0.3) is 105 Å². The van der Waals surface area contributed by atoms with Crippen LogP contribution in [0, 0.1) is 0 Å². The molecule has 1 aliphatic carbocycles. The van der Waals surface area contributed by atoms with Crippen molar-refractivity contribution in [3.63, 3.8) is 0 Å². The fraction of sp³-hybridized carbons (Fsp3) is 0.0500. The van der Waals surface area contributed by atoms with Crippen LogP contribution in [0.15, 0.2) is 209 Å². The molecule has 0 radical (unpaired) electrons. The van der Waals surface area contributed by atoms with Crippen LogP contribution < -0.4 is 4.90 Å². The van der Waals surface area contributed by atoms with Crippen molar-refractivity contribution < 1.29 is 8.83 Å². The summed E-state index contributed by atoms with van der Waals surface area (Å²) in [6.45, 7) is 4.65. The molecule has 0 saturated heterocycles. The fourth-order valence-electron chi connectivity index (χ4n) is 10.9. The SMILES string of the molecule is CC1(C)c2ccccc2-c2cccc(N(c3nc(-c4ccc5oc6ccccc6c5c4)nc(-c4cccc5c6ccccc6n(-c6ccccc6)c45)n3)c3cccc4oc5ccccc5c34)c21. The van der Waals surface area contributed by atoms with Gasteiger partial charge in [-0.15, -0.1) is 0 Å². The second-order valence-electron chi connectivity index (χ2n) is 17.9. The maximum atomic E-state index is 6.59. The van der Waals surface area contributed by atoms with Gasteiger partial charge in [-0.3, -0.25) is 4.90 Å². The lowest BCUT2D eigenvalue weighted by Crippen LogP contribution is -2.22. The van der Waals surface area contributed by atoms with Gasteiger partial charge in [0.1, 0.15) is 22.3 Å². The third kappa shape index (κ3) is 5.49. The van der Waals surface area contributed by atoms with E-state index >= 15 is 0 Å². The molecule has 9 aromatic carbocycles. The largest absolute Gasteiger partial charge is 0.456 e. The molecule has 0 unspecified atom stereocenters. The standard InChI is InChI=1S/C60H39N5O2/c1-60(2)46-26-10-6-19-38(46)41-23-15-29-49(55(41)60)65(48-28-16-32-53-54(48)43-22-9-13-31-51(43)67-53)59-62-57(36-33-34-52-45(35-36)40-21-8-12-30-50(40)66-52)61-58(63-59)44-25-14-24-42-39-20-7-11-27-47(39)64(56(42)44)37-17-4-3-5-18-37/h3-35H,1-2H3. The molecule has 7 heteroatoms. The Hall–Kier alpha value is -8.81. The van der Waals surface area contributed by atoms with E-state index in [2.05, 4.69) is 181 Å². The lowest BCUT2D eigenvalue weighted by molar-refractivity contribution is 0.660. The minimum absolute atomic E-state index is 0.360. The van der Waals surface area contributed by atoms with Crippen LogP contribution >= 0.6 is 0 Å². The maximum absolute atomic E-state index is 6.59. The first kappa shape index (κ1) is 37.6. The van der Waals surface area contributed by atoms with Gasteiger partial charge in [-0.2, -0.15) is 9.97 Å². The van der Waals surface area contributed by atoms with Crippen LogP contribution in [0.5, 0.6) is 0 Å². The Labute approximate surface area is 384 Å². The first-order valence-corrected chi connectivity index (χ1v) is 22.7. The van der Waals surface area contributed by atoms with Crippen molar-refractivity contribution in [1.82, 2.24) is 19.5 Å². The molecule has 0 saturated carbocycles. The quantitative estimate of drug-likeness (QED) is 0.166. The molecule has 0 aliphatic heterocycles. The zero-order valence-electron chi connectivity index (χ0n) is 36.6. The number of furan rings is 2. The number of fused-ring (bicyclic) bond motifs is 12. The summed E-state index contributed by atoms with van der Waals surface area (Å²) in [7, 11) is 0. The molecule has 1 aliphatic rings. The Balaban J connectivity index is 1.12. The highest BCUT2D eigenvalue weighted by Crippen LogP contribution is 2.55. The second-order valence-corrected chi connectivity index (χ2v) is 17.9. The Morgan fingerprint density at radius 2 is 1.06 bits per heavy atom. The monoisotopic (exact) mass is 861 g/mol. The average Bonchev–Trinajstić information content (AvgIpc) is 4.11. The summed E-state index contributed by atoms with van der Waals surface area (Å²) in [5.41, 5.74) is 14.5. The van der Waals surface area contributed by atoms with Gasteiger partial charge in [0.05, 0.1) is 27.8 Å². The average molecular weight is 862 g/mol. The molecule has 7 nitrogen and oxygen atoms in total. The van der Waals surface area contributed by atoms with E-state index in [1.54, 1.807) is 0 Å². The van der Waals surface area contributed by atoms with Crippen molar-refractivity contribution in [2.24, 2.45) is 0 Å². The first-order valence-electron chi connectivity index (χ1n) is 22.7. The number of rotatable bonds is 6. The molecule has 316 valence electrons. The smallest absolute Gasteiger partial charge is 0.238 e. The van der Waals surface area contributed by atoms with Gasteiger partial charge in [0, 0.05) is 49.2 Å². The predicted molar refractivity (Wildman–Crippen MR) is 272 cm³/mol. The summed E-state index contributed by atoms with van der Waals surface area (Å²) in [4.78, 5) is 19.0. The van der Waals surface area contributed by atoms with E-state index in [0.29, 0.717) is 17.6 Å². The summed E-state index contributed by atoms with van der Waals surface area (Å²) in [5.74, 6) is 1.57. The van der Waals surface area contributed by atoms with Crippen molar-refractivity contribution in [3.05, 3.63) is 211 Å². The van der Waals surface area contributed by atoms with Gasteiger partial charge in [0.25, 0.3) is 0 Å². The number of para-hydroxylation sites is 5. The van der Waals surface area contributed by atoms with Crippen LogP contribution in [0.3, 0.4) is 0 Å². The third-order valence-electron chi connectivity index (χ3n) is 13.8. The molecule has 4 heterocycles. The summed E-state index contributed by atoms with van der Waals surface area (Å²) in [6.07, 6.45) is 0. The highest BCUT2D eigenvalue weighted by molar-refractivity contribution is 6.15. The van der Waals surface area contributed by atoms with E-state index in [9.17, 15) is 0 Å². The zero-order chi connectivity index (χ0) is 44.4. The highest BCUT2D eigenvalue weighted by Gasteiger charge is 2.40. The number of nitrogens with zero attached hydrogens (tertiary/aromatic N) is 5. The van der Waals surface area contributed by atoms with Gasteiger partial charge in [-0.05, 0) is 95.1 Å². The van der Waals surface area contributed by atoms with Gasteiger partial charge in [0.15, 0.2) is 11.6 Å². The first-order chi connectivity index (χ1) is 33.0. The van der Waals surface area contributed by atoms with Crippen molar-refractivity contribution in [1.29, 1.82) is 0 Å². The predicted octanol–water partition coefficient (Wildman–Crippen LogP) is 15.9. The minimum Gasteiger partial charge on any atom is -0.456 e. The topological polar surface area (TPSA) is 73.1 Å². The molecule has 14 rings (SSSR count).